The van der Waals surface area contributed by atoms with E-state index in [1.165, 1.54) is 43.1 Å². The summed E-state index contributed by atoms with van der Waals surface area (Å²) in [6, 6.07) is 38.7. The number of benzene rings is 4. The summed E-state index contributed by atoms with van der Waals surface area (Å²) < 4.78 is 0. The molecule has 0 aromatic heterocycles. The maximum atomic E-state index is 2.31. The monoisotopic (exact) mass is 548 g/mol. The number of hydrogen-bond acceptors (Lipinski definition) is 0. The molecule has 0 unspecified atom stereocenters. The van der Waals surface area contributed by atoms with Gasteiger partial charge in [-0.05, 0) is 10.8 Å². The Hall–Kier alpha value is -1.70. The van der Waals surface area contributed by atoms with Gasteiger partial charge in [-0.3, -0.25) is 0 Å². The van der Waals surface area contributed by atoms with Gasteiger partial charge in [-0.15, -0.1) is 45.8 Å². The van der Waals surface area contributed by atoms with Gasteiger partial charge < -0.3 is 24.8 Å². The van der Waals surface area contributed by atoms with E-state index in [0.717, 1.165) is 0 Å². The van der Waals surface area contributed by atoms with Crippen molar-refractivity contribution >= 4 is 48.5 Å². The van der Waals surface area contributed by atoms with E-state index in [9.17, 15) is 0 Å². The van der Waals surface area contributed by atoms with E-state index in [-0.39, 0.29) is 30.2 Å². The third-order valence-corrected chi connectivity index (χ3v) is 5.01. The molecule has 0 nitrogen and oxygen atoms in total. The summed E-state index contributed by atoms with van der Waals surface area (Å²) in [7, 11) is 0. The fraction of sp³-hybridized carbons (Fsp3) is 0.0714. The first-order valence-electron chi connectivity index (χ1n) is 10.2. The molecule has 0 heterocycles. The zero-order valence-electron chi connectivity index (χ0n) is 18.1. The van der Waals surface area contributed by atoms with Gasteiger partial charge in [0.25, 0.3) is 0 Å². The summed E-state index contributed by atoms with van der Waals surface area (Å²) in [5.74, 6) is 0. The molecule has 0 aliphatic heterocycles. The Labute approximate surface area is 217 Å². The normalized spacial score (nSPS) is 9.88. The van der Waals surface area contributed by atoms with E-state index in [4.69, 9.17) is 0 Å². The first kappa shape index (κ1) is 26.6. The van der Waals surface area contributed by atoms with Crippen molar-refractivity contribution in [2.24, 2.45) is 0 Å². The first-order chi connectivity index (χ1) is 14.6. The number of rotatable bonds is 0. The fourth-order valence-electron chi connectivity index (χ4n) is 3.64. The van der Waals surface area contributed by atoms with E-state index in [1.807, 2.05) is 0 Å². The molecule has 0 fully saturated rings. The van der Waals surface area contributed by atoms with Crippen molar-refractivity contribution in [2.75, 3.05) is 0 Å². The molecule has 0 bridgehead atoms. The Morgan fingerprint density at radius 1 is 0.531 bits per heavy atom. The SMILES string of the molecule is C[Si](C)=[Zr+2].[Cl-].[Cl-].c1ccc2cc3[cH-]ccc3cc2c1.c1ccc2cc3[cH-]ccc3cc2c1. The van der Waals surface area contributed by atoms with Crippen molar-refractivity contribution in [1.29, 1.82) is 0 Å². The van der Waals surface area contributed by atoms with Crippen LogP contribution in [0.1, 0.15) is 0 Å². The average molecular weight is 551 g/mol. The van der Waals surface area contributed by atoms with Gasteiger partial charge in [0, 0.05) is 0 Å². The van der Waals surface area contributed by atoms with Crippen LogP contribution < -0.4 is 24.8 Å². The predicted molar refractivity (Wildman–Crippen MR) is 132 cm³/mol. The molecule has 0 aliphatic carbocycles. The van der Waals surface area contributed by atoms with Gasteiger partial charge in [-0.2, -0.15) is 24.3 Å². The minimum atomic E-state index is 0. The van der Waals surface area contributed by atoms with Gasteiger partial charge in [0.2, 0.25) is 0 Å². The molecule has 0 saturated carbocycles. The molecule has 0 N–H and O–H groups in total. The third-order valence-electron chi connectivity index (χ3n) is 5.01. The summed E-state index contributed by atoms with van der Waals surface area (Å²) in [4.78, 5) is 0. The van der Waals surface area contributed by atoms with Crippen molar-refractivity contribution in [2.45, 2.75) is 13.1 Å². The number of hydrogen-bond donors (Lipinski definition) is 0. The second kappa shape index (κ2) is 12.5. The first-order valence-corrected chi connectivity index (χ1v) is 16.4. The second-order valence-corrected chi connectivity index (χ2v) is 17.1. The van der Waals surface area contributed by atoms with Crippen LogP contribution in [0, 0.1) is 0 Å². The number of fused-ring (bicyclic) bond motifs is 4. The van der Waals surface area contributed by atoms with Gasteiger partial charge in [0.15, 0.2) is 0 Å². The van der Waals surface area contributed by atoms with E-state index in [0.29, 0.717) is 0 Å². The minimum Gasteiger partial charge on any atom is -1.00 e. The van der Waals surface area contributed by atoms with Crippen LogP contribution in [-0.4, -0.2) is 5.43 Å². The molecule has 6 aromatic carbocycles. The minimum absolute atomic E-state index is 0. The van der Waals surface area contributed by atoms with Crippen LogP contribution in [0.15, 0.2) is 109 Å². The zero-order valence-corrected chi connectivity index (χ0v) is 23.1. The van der Waals surface area contributed by atoms with E-state index < -0.39 is 0 Å². The van der Waals surface area contributed by atoms with Gasteiger partial charge >= 0.3 is 41.9 Å². The second-order valence-electron chi connectivity index (χ2n) is 7.71. The molecule has 6 aromatic rings. The quantitative estimate of drug-likeness (QED) is 0.201. The van der Waals surface area contributed by atoms with Crippen LogP contribution in [0.4, 0.5) is 0 Å². The average Bonchev–Trinajstić information content (AvgIpc) is 3.38. The van der Waals surface area contributed by atoms with E-state index in [1.54, 1.807) is 23.3 Å². The topological polar surface area (TPSA) is 0 Å². The Morgan fingerprint density at radius 2 is 0.844 bits per heavy atom. The van der Waals surface area contributed by atoms with Crippen LogP contribution in [0.25, 0.3) is 43.1 Å². The molecule has 0 spiro atoms. The van der Waals surface area contributed by atoms with E-state index >= 15 is 0 Å². The van der Waals surface area contributed by atoms with Crippen LogP contribution in [0.3, 0.4) is 0 Å². The van der Waals surface area contributed by atoms with Crippen LogP contribution in [0.5, 0.6) is 0 Å². The van der Waals surface area contributed by atoms with Crippen molar-refractivity contribution in [3.05, 3.63) is 109 Å². The van der Waals surface area contributed by atoms with Crippen molar-refractivity contribution < 1.29 is 48.1 Å². The van der Waals surface area contributed by atoms with Gasteiger partial charge in [0.1, 0.15) is 0 Å². The standard InChI is InChI=1S/2C13H9.C2H6Si.2ClH.Zr/c2*1-2-5-11-9-13-7-3-6-12(13)8-10(11)4-1;1-3-2;;;/h2*1-9H;1-2H3;2*1H;/q2*-1;;;;+2/p-2. The molecule has 0 saturated heterocycles. The molecular formula is C28H24Cl2SiZr-2. The van der Waals surface area contributed by atoms with Crippen LogP contribution in [0.2, 0.25) is 13.1 Å². The van der Waals surface area contributed by atoms with Crippen molar-refractivity contribution in [3.8, 4) is 0 Å². The zero-order chi connectivity index (χ0) is 20.9. The predicted octanol–water partition coefficient (Wildman–Crippen LogP) is 2.22. The van der Waals surface area contributed by atoms with Gasteiger partial charge in [-0.1, -0.05) is 71.4 Å². The fourth-order valence-corrected chi connectivity index (χ4v) is 3.64. The van der Waals surface area contributed by atoms with Gasteiger partial charge in [0.05, 0.1) is 0 Å². The molecule has 6 rings (SSSR count). The maximum absolute atomic E-state index is 2.31. The van der Waals surface area contributed by atoms with E-state index in [2.05, 4.69) is 122 Å². The molecule has 160 valence electrons. The Morgan fingerprint density at radius 3 is 1.19 bits per heavy atom. The summed E-state index contributed by atoms with van der Waals surface area (Å²) in [5, 5.41) is 10.6. The summed E-state index contributed by atoms with van der Waals surface area (Å²) in [6.45, 7) is 4.62. The smallest absolute Gasteiger partial charge is 0.0370 e. The molecule has 0 atom stereocenters. The summed E-state index contributed by atoms with van der Waals surface area (Å²) in [5.41, 5.74) is 0.210. The summed E-state index contributed by atoms with van der Waals surface area (Å²) >= 11 is 1.74. The number of halogens is 2. The maximum Gasteiger partial charge on any atom is -0.0370 e. The largest absolute Gasteiger partial charge is 1.00 e. The van der Waals surface area contributed by atoms with Crippen LogP contribution >= 0.6 is 0 Å². The molecule has 0 aliphatic rings. The third kappa shape index (κ3) is 6.65. The molecule has 32 heavy (non-hydrogen) atoms. The van der Waals surface area contributed by atoms with Crippen molar-refractivity contribution in [3.63, 3.8) is 0 Å². The van der Waals surface area contributed by atoms with Gasteiger partial charge in [-0.25, -0.2) is 0 Å². The molecular weight excluding hydrogens is 527 g/mol. The summed E-state index contributed by atoms with van der Waals surface area (Å²) in [6.07, 6.45) is 0. The van der Waals surface area contributed by atoms with Crippen molar-refractivity contribution in [1.82, 2.24) is 0 Å². The Kier molecular flexibility index (Phi) is 10.4. The van der Waals surface area contributed by atoms with Crippen LogP contribution in [-0.2, 0) is 23.3 Å². The molecule has 4 heteroatoms. The Bertz CT molecular complexity index is 1240. The molecule has 0 radical (unpaired) electrons. The molecule has 0 amide bonds. The Balaban J connectivity index is 0.000000185.